The second-order valence-corrected chi connectivity index (χ2v) is 3.81. The molecule has 0 aliphatic rings. The Kier molecular flexibility index (Phi) is 4.41. The van der Waals surface area contributed by atoms with Crippen LogP contribution in [0.25, 0.3) is 0 Å². The highest BCUT2D eigenvalue weighted by atomic mass is 35.5. The molecule has 0 saturated carbocycles. The van der Waals surface area contributed by atoms with Crippen molar-refractivity contribution in [1.82, 2.24) is 0 Å². The van der Waals surface area contributed by atoms with Gasteiger partial charge in [-0.1, -0.05) is 29.3 Å². The molecule has 6 heteroatoms. The van der Waals surface area contributed by atoms with E-state index in [-0.39, 0.29) is 15.6 Å². The molecule has 0 spiro atoms. The molecule has 4 nitrogen and oxygen atoms in total. The van der Waals surface area contributed by atoms with Gasteiger partial charge in [0.1, 0.15) is 16.7 Å². The molecule has 1 aromatic rings. The van der Waals surface area contributed by atoms with Crippen LogP contribution < -0.4 is 4.74 Å². The molecule has 1 unspecified atom stereocenters. The van der Waals surface area contributed by atoms with Gasteiger partial charge < -0.3 is 14.9 Å². The summed E-state index contributed by atoms with van der Waals surface area (Å²) in [7, 11) is 1.43. The normalized spacial score (nSPS) is 12.2. The van der Waals surface area contributed by atoms with E-state index in [1.807, 2.05) is 0 Å². The van der Waals surface area contributed by atoms with Crippen LogP contribution >= 0.6 is 23.2 Å². The number of carboxylic acids is 1. The number of carboxylic acid groups (broad SMARTS) is 1. The maximum atomic E-state index is 10.9. The van der Waals surface area contributed by atoms with Crippen molar-refractivity contribution in [3.63, 3.8) is 0 Å². The largest absolute Gasteiger partial charge is 0.495 e. The summed E-state index contributed by atoms with van der Waals surface area (Å²) >= 11 is 11.8. The van der Waals surface area contributed by atoms with Crippen molar-refractivity contribution in [1.29, 1.82) is 0 Å². The maximum absolute atomic E-state index is 10.9. The van der Waals surface area contributed by atoms with E-state index in [1.165, 1.54) is 19.2 Å². The van der Waals surface area contributed by atoms with Crippen molar-refractivity contribution in [2.24, 2.45) is 0 Å². The summed E-state index contributed by atoms with van der Waals surface area (Å²) in [5, 5.41) is 18.1. The van der Waals surface area contributed by atoms with E-state index in [0.717, 1.165) is 0 Å². The molecular formula is C10H10Cl2O4. The lowest BCUT2D eigenvalue weighted by molar-refractivity contribution is -0.139. The highest BCUT2D eigenvalue weighted by Gasteiger charge is 2.23. The fraction of sp³-hybridized carbons (Fsp3) is 0.300. The van der Waals surface area contributed by atoms with E-state index in [9.17, 15) is 4.79 Å². The minimum Gasteiger partial charge on any atom is -0.495 e. The van der Waals surface area contributed by atoms with Crippen LogP contribution in [0.2, 0.25) is 10.0 Å². The zero-order chi connectivity index (χ0) is 12.3. The first-order valence-electron chi connectivity index (χ1n) is 4.38. The molecule has 0 aliphatic carbocycles. The lowest BCUT2D eigenvalue weighted by Gasteiger charge is -2.14. The van der Waals surface area contributed by atoms with Gasteiger partial charge in [0.15, 0.2) is 0 Å². The van der Waals surface area contributed by atoms with E-state index in [0.29, 0.717) is 5.75 Å². The predicted molar refractivity (Wildman–Crippen MR) is 60.5 cm³/mol. The summed E-state index contributed by atoms with van der Waals surface area (Å²) in [6.45, 7) is -0.544. The third-order valence-corrected chi connectivity index (χ3v) is 3.03. The van der Waals surface area contributed by atoms with E-state index in [4.69, 9.17) is 38.2 Å². The number of hydrogen-bond acceptors (Lipinski definition) is 3. The minimum atomic E-state index is -1.16. The molecular weight excluding hydrogens is 255 g/mol. The average Bonchev–Trinajstić information content (AvgIpc) is 2.25. The number of aliphatic carboxylic acids is 1. The standard InChI is InChI=1S/C10H10Cl2O4/c1-16-7-3-2-5(8(11)9(7)12)6(4-13)10(14)15/h2-3,6,13H,4H2,1H3,(H,14,15). The molecule has 0 fully saturated rings. The molecule has 1 aromatic carbocycles. The Morgan fingerprint density at radius 3 is 2.50 bits per heavy atom. The Hall–Kier alpha value is -0.970. The third kappa shape index (κ3) is 2.40. The van der Waals surface area contributed by atoms with Gasteiger partial charge in [-0.05, 0) is 11.6 Å². The van der Waals surface area contributed by atoms with Crippen LogP contribution in [-0.2, 0) is 4.79 Å². The van der Waals surface area contributed by atoms with Crippen LogP contribution in [0.4, 0.5) is 0 Å². The number of ether oxygens (including phenoxy) is 1. The Bertz CT molecular complexity index is 406. The topological polar surface area (TPSA) is 66.8 Å². The minimum absolute atomic E-state index is 0.0856. The van der Waals surface area contributed by atoms with Crippen LogP contribution in [0.15, 0.2) is 12.1 Å². The quantitative estimate of drug-likeness (QED) is 0.875. The van der Waals surface area contributed by atoms with Gasteiger partial charge >= 0.3 is 5.97 Å². The Labute approximate surface area is 102 Å². The summed E-state index contributed by atoms with van der Waals surface area (Å²) in [5.41, 5.74) is 0.266. The van der Waals surface area contributed by atoms with Gasteiger partial charge in [-0.25, -0.2) is 0 Å². The average molecular weight is 265 g/mol. The molecule has 88 valence electrons. The van der Waals surface area contributed by atoms with Crippen molar-refractivity contribution in [3.8, 4) is 5.75 Å². The third-order valence-electron chi connectivity index (χ3n) is 2.15. The second-order valence-electron chi connectivity index (χ2n) is 3.06. The zero-order valence-corrected chi connectivity index (χ0v) is 9.92. The summed E-state index contributed by atoms with van der Waals surface area (Å²) in [5.74, 6) is -1.89. The molecule has 2 N–H and O–H groups in total. The number of rotatable bonds is 4. The first-order valence-corrected chi connectivity index (χ1v) is 5.14. The Morgan fingerprint density at radius 1 is 1.44 bits per heavy atom. The lowest BCUT2D eigenvalue weighted by Crippen LogP contribution is -2.16. The van der Waals surface area contributed by atoms with Crippen molar-refractivity contribution < 1.29 is 19.7 Å². The summed E-state index contributed by atoms with van der Waals surface area (Å²) in [6, 6.07) is 2.98. The molecule has 0 aromatic heterocycles. The van der Waals surface area contributed by atoms with Gasteiger partial charge in [-0.2, -0.15) is 0 Å². The number of benzene rings is 1. The van der Waals surface area contributed by atoms with Crippen molar-refractivity contribution in [3.05, 3.63) is 27.7 Å². The highest BCUT2D eigenvalue weighted by Crippen LogP contribution is 2.37. The fourth-order valence-corrected chi connectivity index (χ4v) is 1.82. The molecule has 0 saturated heterocycles. The van der Waals surface area contributed by atoms with Crippen LogP contribution in [0, 0.1) is 0 Å². The second kappa shape index (κ2) is 5.39. The highest BCUT2D eigenvalue weighted by molar-refractivity contribution is 6.43. The number of halogens is 2. The fourth-order valence-electron chi connectivity index (χ4n) is 1.28. The molecule has 0 bridgehead atoms. The van der Waals surface area contributed by atoms with Gasteiger partial charge in [0.2, 0.25) is 0 Å². The van der Waals surface area contributed by atoms with Gasteiger partial charge in [-0.15, -0.1) is 0 Å². The SMILES string of the molecule is COc1ccc(C(CO)C(=O)O)c(Cl)c1Cl. The van der Waals surface area contributed by atoms with Gasteiger partial charge in [-0.3, -0.25) is 4.79 Å². The summed E-state index contributed by atoms with van der Waals surface area (Å²) in [6.07, 6.45) is 0. The summed E-state index contributed by atoms with van der Waals surface area (Å²) in [4.78, 5) is 10.9. The zero-order valence-electron chi connectivity index (χ0n) is 8.41. The van der Waals surface area contributed by atoms with Gasteiger partial charge in [0, 0.05) is 0 Å². The molecule has 0 heterocycles. The van der Waals surface area contributed by atoms with E-state index < -0.39 is 18.5 Å². The van der Waals surface area contributed by atoms with Crippen molar-refractivity contribution >= 4 is 29.2 Å². The maximum Gasteiger partial charge on any atom is 0.313 e. The molecule has 0 aliphatic heterocycles. The number of aliphatic hydroxyl groups is 1. The van der Waals surface area contributed by atoms with Gasteiger partial charge in [0.05, 0.1) is 18.7 Å². The Morgan fingerprint density at radius 2 is 2.06 bits per heavy atom. The van der Waals surface area contributed by atoms with Crippen molar-refractivity contribution in [2.75, 3.05) is 13.7 Å². The first-order chi connectivity index (χ1) is 7.52. The monoisotopic (exact) mass is 264 g/mol. The van der Waals surface area contributed by atoms with Gasteiger partial charge in [0.25, 0.3) is 0 Å². The van der Waals surface area contributed by atoms with E-state index in [1.54, 1.807) is 0 Å². The number of hydrogen-bond donors (Lipinski definition) is 2. The summed E-state index contributed by atoms with van der Waals surface area (Å²) < 4.78 is 4.93. The smallest absolute Gasteiger partial charge is 0.313 e. The molecule has 0 radical (unpaired) electrons. The molecule has 0 amide bonds. The van der Waals surface area contributed by atoms with Crippen LogP contribution in [0.3, 0.4) is 0 Å². The molecule has 16 heavy (non-hydrogen) atoms. The Balaban J connectivity index is 3.25. The van der Waals surface area contributed by atoms with Crippen LogP contribution in [-0.4, -0.2) is 29.9 Å². The van der Waals surface area contributed by atoms with E-state index >= 15 is 0 Å². The lowest BCUT2D eigenvalue weighted by atomic mass is 10.00. The van der Waals surface area contributed by atoms with Crippen molar-refractivity contribution in [2.45, 2.75) is 5.92 Å². The number of carbonyl (C=O) groups is 1. The van der Waals surface area contributed by atoms with E-state index in [2.05, 4.69) is 0 Å². The van der Waals surface area contributed by atoms with Crippen LogP contribution in [0.1, 0.15) is 11.5 Å². The van der Waals surface area contributed by atoms with Crippen LogP contribution in [0.5, 0.6) is 5.75 Å². The first kappa shape index (κ1) is 13.1. The molecule has 1 atom stereocenters. The molecule has 1 rings (SSSR count). The number of aliphatic hydroxyl groups excluding tert-OH is 1. The number of methoxy groups -OCH3 is 1. The predicted octanol–water partition coefficient (Wildman–Crippen LogP) is 2.16.